The molecule has 0 radical (unpaired) electrons. The number of imidazole rings is 1. The number of ether oxygens (including phenoxy) is 1. The van der Waals surface area contributed by atoms with Crippen molar-refractivity contribution in [2.75, 3.05) is 12.3 Å². The molecule has 16 heteroatoms. The van der Waals surface area contributed by atoms with Crippen LogP contribution in [-0.2, 0) is 19.5 Å². The predicted octanol–water partition coefficient (Wildman–Crippen LogP) is -1.43. The maximum absolute atomic E-state index is 12.5. The quantitative estimate of drug-likeness (QED) is 0.137. The van der Waals surface area contributed by atoms with Crippen molar-refractivity contribution in [3.05, 3.63) is 40.2 Å². The first-order valence-electron chi connectivity index (χ1n) is 9.79. The van der Waals surface area contributed by atoms with Crippen LogP contribution >= 0.6 is 20.4 Å². The lowest BCUT2D eigenvalue weighted by Gasteiger charge is -2.27. The van der Waals surface area contributed by atoms with Crippen molar-refractivity contribution in [3.63, 3.8) is 0 Å². The highest BCUT2D eigenvalue weighted by Gasteiger charge is 2.50. The van der Waals surface area contributed by atoms with Gasteiger partial charge in [-0.2, -0.15) is 4.98 Å². The number of thioether (sulfide) groups is 1. The van der Waals surface area contributed by atoms with Gasteiger partial charge in [0.25, 0.3) is 5.56 Å². The largest absolute Gasteiger partial charge is 0.488 e. The molecular formula is C17H19BN5O8PS. The number of nitrogens with two attached hydrogens (primary N) is 1. The molecule has 3 aromatic rings. The Balaban J connectivity index is 1.52. The van der Waals surface area contributed by atoms with Gasteiger partial charge in [0, 0.05) is 5.75 Å². The zero-order chi connectivity index (χ0) is 23.3. The maximum Gasteiger partial charge on any atom is 0.488 e. The van der Waals surface area contributed by atoms with Crippen LogP contribution in [0.1, 0.15) is 11.8 Å². The molecule has 2 aliphatic heterocycles. The van der Waals surface area contributed by atoms with Crippen molar-refractivity contribution < 1.29 is 33.8 Å². The Morgan fingerprint density at radius 3 is 2.97 bits per heavy atom. The average molecular weight is 495 g/mol. The number of nitrogens with zero attached hydrogens (tertiary/aromatic N) is 3. The van der Waals surface area contributed by atoms with Gasteiger partial charge in [-0.1, -0.05) is 36.0 Å². The number of hydrogen-bond donors (Lipinski definition) is 6. The van der Waals surface area contributed by atoms with E-state index < -0.39 is 45.8 Å². The summed E-state index contributed by atoms with van der Waals surface area (Å²) < 4.78 is 17.9. The minimum Gasteiger partial charge on any atom is -0.423 e. The van der Waals surface area contributed by atoms with E-state index in [1.54, 1.807) is 24.3 Å². The number of aliphatic hydroxyl groups excluding tert-OH is 1. The Morgan fingerprint density at radius 2 is 2.18 bits per heavy atom. The third-order valence-electron chi connectivity index (χ3n) is 5.28. The number of hydrogen-bond acceptors (Lipinski definition) is 12. The molecule has 1 aromatic carbocycles. The molecule has 0 saturated carbocycles. The summed E-state index contributed by atoms with van der Waals surface area (Å²) in [5.41, 5.74) is 6.43. The molecule has 0 amide bonds. The molecule has 0 aliphatic carbocycles. The van der Waals surface area contributed by atoms with E-state index in [1.807, 2.05) is 0 Å². The standard InChI is InChI=1S/C17H19BN5O8PS/c19-16-21-13-10(14(25)22-16)20-17(33-6-7-2-1-3-8(4-7)18(26)27)23(13)15-11(24)12-9(30-15)5-29-32(28)31-12/h1-4,9,11-12,15,24,26-28H,5-6H2,(H3,19,21,22,25). The average Bonchev–Trinajstić information content (AvgIpc) is 3.30. The molecule has 2 aliphatic rings. The van der Waals surface area contributed by atoms with E-state index in [9.17, 15) is 24.8 Å². The van der Waals surface area contributed by atoms with Crippen molar-refractivity contribution in [1.82, 2.24) is 19.5 Å². The number of aromatic amines is 1. The third-order valence-corrected chi connectivity index (χ3v) is 7.10. The Hall–Kier alpha value is -2.07. The van der Waals surface area contributed by atoms with Gasteiger partial charge in [-0.05, 0) is 11.0 Å². The van der Waals surface area contributed by atoms with Crippen LogP contribution in [-0.4, -0.2) is 71.6 Å². The van der Waals surface area contributed by atoms with Crippen molar-refractivity contribution in [3.8, 4) is 0 Å². The summed E-state index contributed by atoms with van der Waals surface area (Å²) in [5, 5.41) is 30.1. The molecule has 2 aromatic heterocycles. The van der Waals surface area contributed by atoms with Crippen LogP contribution < -0.4 is 16.8 Å². The van der Waals surface area contributed by atoms with Crippen molar-refractivity contribution in [2.45, 2.75) is 35.4 Å². The second-order valence-electron chi connectivity index (χ2n) is 7.45. The highest BCUT2D eigenvalue weighted by atomic mass is 32.2. The molecule has 5 rings (SSSR count). The van der Waals surface area contributed by atoms with Gasteiger partial charge < -0.3 is 39.6 Å². The van der Waals surface area contributed by atoms with Crippen LogP contribution in [0.15, 0.2) is 34.2 Å². The van der Waals surface area contributed by atoms with E-state index in [1.165, 1.54) is 16.3 Å². The molecule has 0 spiro atoms. The molecule has 5 atom stereocenters. The third kappa shape index (κ3) is 4.27. The smallest absolute Gasteiger partial charge is 0.423 e. The molecule has 4 heterocycles. The number of nitrogen functional groups attached to an aromatic ring is 1. The molecule has 2 fully saturated rings. The van der Waals surface area contributed by atoms with Gasteiger partial charge in [0.05, 0.1) is 6.61 Å². The van der Waals surface area contributed by atoms with Gasteiger partial charge in [0.1, 0.15) is 18.3 Å². The highest BCUT2D eigenvalue weighted by molar-refractivity contribution is 7.98. The van der Waals surface area contributed by atoms with E-state index >= 15 is 0 Å². The van der Waals surface area contributed by atoms with E-state index in [4.69, 9.17) is 19.5 Å². The Bertz CT molecular complexity index is 1240. The van der Waals surface area contributed by atoms with Crippen LogP contribution in [0.3, 0.4) is 0 Å². The van der Waals surface area contributed by atoms with E-state index in [-0.39, 0.29) is 23.7 Å². The minimum atomic E-state index is -2.13. The Labute approximate surface area is 191 Å². The Morgan fingerprint density at radius 1 is 1.36 bits per heavy atom. The lowest BCUT2D eigenvalue weighted by atomic mass is 9.80. The fraction of sp³-hybridized carbons (Fsp3) is 0.353. The number of H-pyrrole nitrogens is 1. The van der Waals surface area contributed by atoms with Crippen molar-refractivity contribution in [2.24, 2.45) is 0 Å². The number of benzene rings is 1. The highest BCUT2D eigenvalue weighted by Crippen LogP contribution is 2.47. The number of rotatable bonds is 5. The van der Waals surface area contributed by atoms with Crippen LogP contribution in [0.5, 0.6) is 0 Å². The zero-order valence-corrected chi connectivity index (χ0v) is 18.5. The summed E-state index contributed by atoms with van der Waals surface area (Å²) in [6.07, 6.45) is -3.72. The molecule has 7 N–H and O–H groups in total. The summed E-state index contributed by atoms with van der Waals surface area (Å²) in [4.78, 5) is 33.1. The van der Waals surface area contributed by atoms with Crippen molar-refractivity contribution >= 4 is 50.1 Å². The molecule has 2 saturated heterocycles. The normalized spacial score (nSPS) is 27.1. The number of aromatic nitrogens is 4. The van der Waals surface area contributed by atoms with Gasteiger partial charge in [-0.25, -0.2) is 4.98 Å². The van der Waals surface area contributed by atoms with Gasteiger partial charge in [-0.3, -0.25) is 14.3 Å². The SMILES string of the molecule is Nc1nc2c(nc(SCc3cccc(B(O)O)c3)n2C2OC3COP(O)OC3C2O)c(=O)[nH]1. The van der Waals surface area contributed by atoms with Crippen LogP contribution in [0.25, 0.3) is 11.2 Å². The predicted molar refractivity (Wildman–Crippen MR) is 118 cm³/mol. The van der Waals surface area contributed by atoms with E-state index in [0.29, 0.717) is 16.4 Å². The summed E-state index contributed by atoms with van der Waals surface area (Å²) in [6.45, 7) is 0.0297. The second-order valence-corrected chi connectivity index (χ2v) is 9.34. The Kier molecular flexibility index (Phi) is 6.16. The molecule has 174 valence electrons. The van der Waals surface area contributed by atoms with E-state index in [2.05, 4.69) is 15.0 Å². The van der Waals surface area contributed by atoms with Crippen molar-refractivity contribution in [1.29, 1.82) is 0 Å². The summed E-state index contributed by atoms with van der Waals surface area (Å²) in [7, 11) is -3.73. The van der Waals surface area contributed by atoms with Crippen LogP contribution in [0, 0.1) is 0 Å². The summed E-state index contributed by atoms with van der Waals surface area (Å²) in [5.74, 6) is 0.229. The van der Waals surface area contributed by atoms with Gasteiger partial charge in [-0.15, -0.1) is 0 Å². The lowest BCUT2D eigenvalue weighted by Crippen LogP contribution is -2.38. The monoisotopic (exact) mass is 495 g/mol. The van der Waals surface area contributed by atoms with Crippen LogP contribution in [0.4, 0.5) is 5.95 Å². The van der Waals surface area contributed by atoms with Gasteiger partial charge in [0.15, 0.2) is 22.5 Å². The first-order chi connectivity index (χ1) is 15.8. The van der Waals surface area contributed by atoms with Gasteiger partial charge in [0.2, 0.25) is 5.95 Å². The number of aliphatic hydroxyl groups is 1. The summed E-state index contributed by atoms with van der Waals surface area (Å²) >= 11 is 1.23. The summed E-state index contributed by atoms with van der Waals surface area (Å²) in [6, 6.07) is 6.72. The fourth-order valence-corrected chi connectivity index (χ4v) is 5.54. The number of nitrogens with one attached hydrogen (secondary N) is 1. The van der Waals surface area contributed by atoms with E-state index in [0.717, 1.165) is 5.56 Å². The van der Waals surface area contributed by atoms with Crippen LogP contribution in [0.2, 0.25) is 0 Å². The number of anilines is 1. The van der Waals surface area contributed by atoms with Gasteiger partial charge >= 0.3 is 15.7 Å². The fourth-order valence-electron chi connectivity index (χ4n) is 3.77. The topological polar surface area (TPSA) is 198 Å². The maximum atomic E-state index is 12.5. The number of fused-ring (bicyclic) bond motifs is 2. The second kappa shape index (κ2) is 8.94. The zero-order valence-electron chi connectivity index (χ0n) is 16.8. The molecule has 5 unspecified atom stereocenters. The molecule has 0 bridgehead atoms. The first-order valence-corrected chi connectivity index (χ1v) is 11.9. The molecular weight excluding hydrogens is 476 g/mol. The first kappa shape index (κ1) is 22.7. The molecule has 33 heavy (non-hydrogen) atoms. The molecule has 13 nitrogen and oxygen atoms in total. The minimum absolute atomic E-state index is 0.0125. The lowest BCUT2D eigenvalue weighted by molar-refractivity contribution is -0.0614.